The van der Waals surface area contributed by atoms with Gasteiger partial charge in [0.2, 0.25) is 10.0 Å². The van der Waals surface area contributed by atoms with Crippen LogP contribution in [0.25, 0.3) is 10.2 Å². The minimum atomic E-state index is -3.93. The summed E-state index contributed by atoms with van der Waals surface area (Å²) in [4.78, 5) is 4.55. The van der Waals surface area contributed by atoms with Gasteiger partial charge in [-0.3, -0.25) is 0 Å². The van der Waals surface area contributed by atoms with Gasteiger partial charge in [-0.2, -0.15) is 9.82 Å². The van der Waals surface area contributed by atoms with Crippen LogP contribution in [0, 0.1) is 6.92 Å². The third kappa shape index (κ3) is 5.18. The predicted molar refractivity (Wildman–Crippen MR) is 143 cm³/mol. The minimum absolute atomic E-state index is 0.128. The first kappa shape index (κ1) is 24.5. The molecule has 11 heteroatoms. The second kappa shape index (κ2) is 9.69. The molecule has 0 saturated carbocycles. The first-order chi connectivity index (χ1) is 16.7. The van der Waals surface area contributed by atoms with Gasteiger partial charge in [0.25, 0.3) is 0 Å². The number of sulfonamides is 1. The van der Waals surface area contributed by atoms with E-state index in [1.54, 1.807) is 36.4 Å². The highest BCUT2D eigenvalue weighted by Crippen LogP contribution is 2.34. The van der Waals surface area contributed by atoms with Crippen molar-refractivity contribution in [2.24, 2.45) is 5.10 Å². The van der Waals surface area contributed by atoms with Crippen molar-refractivity contribution in [1.29, 1.82) is 0 Å². The summed E-state index contributed by atoms with van der Waals surface area (Å²) in [6.45, 7) is 1.89. The van der Waals surface area contributed by atoms with E-state index >= 15 is 0 Å². The molecule has 0 aliphatic carbocycles. The lowest BCUT2D eigenvalue weighted by molar-refractivity contribution is 0.576. The normalized spacial score (nSPS) is 16.8. The highest BCUT2D eigenvalue weighted by Gasteiger charge is 2.32. The lowest BCUT2D eigenvalue weighted by Gasteiger charge is -2.21. The summed E-state index contributed by atoms with van der Waals surface area (Å²) in [7, 11) is -3.93. The Morgan fingerprint density at radius 3 is 2.51 bits per heavy atom. The van der Waals surface area contributed by atoms with Crippen LogP contribution in [0.3, 0.4) is 0 Å². The van der Waals surface area contributed by atoms with Crippen molar-refractivity contribution in [3.05, 3.63) is 91.9 Å². The molecule has 0 amide bonds. The number of aromatic nitrogens is 1. The largest absolute Gasteiger partial charge is 0.302 e. The average Bonchev–Trinajstić information content (AvgIpc) is 3.44. The Morgan fingerprint density at radius 2 is 1.77 bits per heavy atom. The number of thiazole rings is 1. The lowest BCUT2D eigenvalue weighted by Crippen LogP contribution is -2.33. The molecule has 1 aliphatic rings. The summed E-state index contributed by atoms with van der Waals surface area (Å²) in [6.07, 6.45) is 0.473. The second-order valence-corrected chi connectivity index (χ2v) is 12.4. The Bertz CT molecular complexity index is 1550. The Kier molecular flexibility index (Phi) is 6.78. The van der Waals surface area contributed by atoms with E-state index < -0.39 is 16.1 Å². The van der Waals surface area contributed by atoms with Crippen LogP contribution in [0.2, 0.25) is 15.1 Å². The monoisotopic (exact) mass is 564 g/mol. The predicted octanol–water partition coefficient (Wildman–Crippen LogP) is 6.68. The highest BCUT2D eigenvalue weighted by molar-refractivity contribution is 7.89. The maximum atomic E-state index is 13.5. The van der Waals surface area contributed by atoms with Gasteiger partial charge in [0.05, 0.1) is 37.9 Å². The fourth-order valence-electron chi connectivity index (χ4n) is 3.99. The van der Waals surface area contributed by atoms with Crippen LogP contribution >= 0.6 is 46.1 Å². The van der Waals surface area contributed by atoms with Gasteiger partial charge in [0.1, 0.15) is 0 Å². The van der Waals surface area contributed by atoms with E-state index in [4.69, 9.17) is 34.8 Å². The fourth-order valence-corrected chi connectivity index (χ4v) is 6.80. The third-order valence-corrected chi connectivity index (χ3v) is 8.88. The highest BCUT2D eigenvalue weighted by atomic mass is 35.5. The van der Waals surface area contributed by atoms with Crippen LogP contribution < -0.4 is 10.1 Å². The number of fused-ring (bicyclic) bond motifs is 1. The zero-order chi connectivity index (χ0) is 24.7. The van der Waals surface area contributed by atoms with Crippen molar-refractivity contribution in [3.63, 3.8) is 0 Å². The van der Waals surface area contributed by atoms with E-state index in [9.17, 15) is 8.42 Å². The molecule has 2 unspecified atom stereocenters. The zero-order valence-electron chi connectivity index (χ0n) is 18.3. The van der Waals surface area contributed by atoms with E-state index in [0.717, 1.165) is 20.8 Å². The Balaban J connectivity index is 1.49. The summed E-state index contributed by atoms with van der Waals surface area (Å²) in [5, 5.41) is 6.80. The molecule has 0 spiro atoms. The number of hydrazone groups is 1. The number of hydrogen-bond donors (Lipinski definition) is 2. The summed E-state index contributed by atoms with van der Waals surface area (Å²) in [6, 6.07) is 16.4. The first-order valence-electron chi connectivity index (χ1n) is 10.6. The second-order valence-electron chi connectivity index (χ2n) is 8.12. The van der Waals surface area contributed by atoms with E-state index in [0.29, 0.717) is 32.8 Å². The van der Waals surface area contributed by atoms with Crippen LogP contribution in [0.5, 0.6) is 0 Å². The van der Waals surface area contributed by atoms with E-state index in [1.165, 1.54) is 11.3 Å². The molecule has 1 aromatic heterocycles. The van der Waals surface area contributed by atoms with Gasteiger partial charge in [-0.1, -0.05) is 53.0 Å². The molecular weight excluding hydrogens is 547 g/mol. The van der Waals surface area contributed by atoms with Gasteiger partial charge in [-0.15, -0.1) is 11.3 Å². The first-order valence-corrected chi connectivity index (χ1v) is 14.0. The van der Waals surface area contributed by atoms with Crippen molar-refractivity contribution < 1.29 is 8.42 Å². The van der Waals surface area contributed by atoms with Gasteiger partial charge in [0, 0.05) is 21.5 Å². The third-order valence-electron chi connectivity index (χ3n) is 5.71. The molecule has 0 bridgehead atoms. The maximum Gasteiger partial charge on any atom is 0.241 e. The maximum absolute atomic E-state index is 13.5. The molecule has 3 aromatic carbocycles. The molecule has 0 radical (unpaired) electrons. The quantitative estimate of drug-likeness (QED) is 0.273. The molecule has 0 saturated heterocycles. The van der Waals surface area contributed by atoms with Crippen molar-refractivity contribution >= 4 is 72.1 Å². The molecule has 6 nitrogen and oxygen atoms in total. The summed E-state index contributed by atoms with van der Waals surface area (Å²) < 4.78 is 30.6. The average molecular weight is 566 g/mol. The molecule has 1 aliphatic heterocycles. The van der Waals surface area contributed by atoms with Crippen LogP contribution in [0.15, 0.2) is 70.7 Å². The zero-order valence-corrected chi connectivity index (χ0v) is 22.2. The van der Waals surface area contributed by atoms with Crippen molar-refractivity contribution in [2.75, 3.05) is 0 Å². The standard InChI is InChI=1S/C24H19Cl3N4O2S2/c1-13-28-20-9-7-17(11-23(20)34-13)35(32,33)31-24(18-8-6-16(26)10-19(18)27)22-12-21(29-30-22)14-2-4-15(25)5-3-14/h2-11,21,24,29,31H,12H2,1H3. The Hall–Kier alpha value is -2.20. The molecule has 180 valence electrons. The molecule has 4 aromatic rings. The van der Waals surface area contributed by atoms with Crippen molar-refractivity contribution in [2.45, 2.75) is 30.3 Å². The topological polar surface area (TPSA) is 83.5 Å². The molecule has 0 fully saturated rings. The van der Waals surface area contributed by atoms with Crippen LogP contribution in [0.1, 0.15) is 34.6 Å². The van der Waals surface area contributed by atoms with Crippen LogP contribution in [-0.2, 0) is 10.0 Å². The fraction of sp³-hybridized carbons (Fsp3) is 0.167. The minimum Gasteiger partial charge on any atom is -0.302 e. The van der Waals surface area contributed by atoms with Gasteiger partial charge in [-0.25, -0.2) is 13.4 Å². The Labute approximate surface area is 222 Å². The number of rotatable bonds is 6. The summed E-state index contributed by atoms with van der Waals surface area (Å²) in [5.41, 5.74) is 6.03. The summed E-state index contributed by atoms with van der Waals surface area (Å²) >= 11 is 20.1. The van der Waals surface area contributed by atoms with Gasteiger partial charge < -0.3 is 5.43 Å². The number of benzene rings is 3. The smallest absolute Gasteiger partial charge is 0.241 e. The molecule has 2 heterocycles. The van der Waals surface area contributed by atoms with Crippen LogP contribution in [0.4, 0.5) is 0 Å². The summed E-state index contributed by atoms with van der Waals surface area (Å²) in [5.74, 6) is 0. The lowest BCUT2D eigenvalue weighted by atomic mass is 9.96. The van der Waals surface area contributed by atoms with E-state index in [1.807, 2.05) is 31.2 Å². The molecule has 5 rings (SSSR count). The van der Waals surface area contributed by atoms with Gasteiger partial charge in [-0.05, 0) is 60.5 Å². The number of nitrogens with zero attached hydrogens (tertiary/aromatic N) is 2. The number of aryl methyl sites for hydroxylation is 1. The number of nitrogens with one attached hydrogen (secondary N) is 2. The number of hydrogen-bond acceptors (Lipinski definition) is 6. The molecule has 2 N–H and O–H groups in total. The number of halogens is 3. The molecule has 35 heavy (non-hydrogen) atoms. The van der Waals surface area contributed by atoms with Crippen LogP contribution in [-0.4, -0.2) is 19.1 Å². The SMILES string of the molecule is Cc1nc2ccc(S(=O)(=O)NC(C3=NNC(c4ccc(Cl)cc4)C3)c3ccc(Cl)cc3Cl)cc2s1. The van der Waals surface area contributed by atoms with Crippen molar-refractivity contribution in [3.8, 4) is 0 Å². The molecule has 2 atom stereocenters. The van der Waals surface area contributed by atoms with Gasteiger partial charge in [0.15, 0.2) is 0 Å². The van der Waals surface area contributed by atoms with Gasteiger partial charge >= 0.3 is 0 Å². The Morgan fingerprint density at radius 1 is 1.03 bits per heavy atom. The van der Waals surface area contributed by atoms with E-state index in [2.05, 4.69) is 20.2 Å². The van der Waals surface area contributed by atoms with Crippen molar-refractivity contribution in [1.82, 2.24) is 15.1 Å². The molecular formula is C24H19Cl3N4O2S2. The van der Waals surface area contributed by atoms with E-state index in [-0.39, 0.29) is 10.9 Å².